The molecule has 0 radical (unpaired) electrons. The van der Waals surface area contributed by atoms with E-state index in [0.29, 0.717) is 0 Å². The molecule has 0 spiro atoms. The molecule has 0 aliphatic carbocycles. The first-order chi connectivity index (χ1) is 8.01. The van der Waals surface area contributed by atoms with Crippen LogP contribution >= 0.6 is 0 Å². The average molecular weight is 242 g/mol. The summed E-state index contributed by atoms with van der Waals surface area (Å²) in [6.45, 7) is 1.58. The third-order valence-electron chi connectivity index (χ3n) is 1.95. The lowest BCUT2D eigenvalue weighted by atomic mass is 10.1. The van der Waals surface area contributed by atoms with Gasteiger partial charge in [0.15, 0.2) is 17.3 Å². The Morgan fingerprint density at radius 3 is 2.53 bits per heavy atom. The number of aromatic hydroxyl groups is 1. The number of ketones is 1. The minimum Gasteiger partial charge on any atom is -0.504 e. The maximum atomic E-state index is 13.3. The Labute approximate surface area is 96.8 Å². The van der Waals surface area contributed by atoms with Gasteiger partial charge in [0.25, 0.3) is 5.78 Å². The lowest BCUT2D eigenvalue weighted by Crippen LogP contribution is -2.17. The normalized spacial score (nSPS) is 9.82. The summed E-state index contributed by atoms with van der Waals surface area (Å²) >= 11 is 0. The second kappa shape index (κ2) is 5.29. The van der Waals surface area contributed by atoms with Crippen molar-refractivity contribution in [3.63, 3.8) is 0 Å². The minimum absolute atomic E-state index is 0.0369. The van der Waals surface area contributed by atoms with Gasteiger partial charge in [-0.3, -0.25) is 4.79 Å². The molecule has 1 N–H and O–H groups in total. The number of benzene rings is 1. The van der Waals surface area contributed by atoms with Crippen LogP contribution in [0.25, 0.3) is 0 Å². The molecule has 6 heteroatoms. The predicted octanol–water partition coefficient (Wildman–Crippen LogP) is 1.29. The van der Waals surface area contributed by atoms with E-state index in [4.69, 9.17) is 0 Å². The van der Waals surface area contributed by atoms with Crippen molar-refractivity contribution in [1.29, 1.82) is 0 Å². The SMILES string of the molecule is CCOC(=O)C(=O)c1cc(O)c(OC)c(F)c1. The Balaban J connectivity index is 3.08. The number of phenolic OH excluding ortho intramolecular Hbond substituents is 1. The van der Waals surface area contributed by atoms with Crippen molar-refractivity contribution in [2.75, 3.05) is 13.7 Å². The molecule has 0 amide bonds. The molecule has 17 heavy (non-hydrogen) atoms. The van der Waals surface area contributed by atoms with Gasteiger partial charge in [-0.15, -0.1) is 0 Å². The van der Waals surface area contributed by atoms with Gasteiger partial charge in [0.05, 0.1) is 13.7 Å². The predicted molar refractivity (Wildman–Crippen MR) is 55.6 cm³/mol. The highest BCUT2D eigenvalue weighted by Crippen LogP contribution is 2.30. The molecule has 0 bridgehead atoms. The standard InChI is InChI=1S/C11H11FO5/c1-3-17-11(15)9(14)6-4-7(12)10(16-2)8(13)5-6/h4-5,13H,3H2,1-2H3. The summed E-state index contributed by atoms with van der Waals surface area (Å²) in [6.07, 6.45) is 0. The Hall–Kier alpha value is -2.11. The summed E-state index contributed by atoms with van der Waals surface area (Å²) in [4.78, 5) is 22.6. The highest BCUT2D eigenvalue weighted by Gasteiger charge is 2.21. The van der Waals surface area contributed by atoms with E-state index in [2.05, 4.69) is 9.47 Å². The van der Waals surface area contributed by atoms with Crippen LogP contribution < -0.4 is 4.74 Å². The first-order valence-corrected chi connectivity index (χ1v) is 4.79. The molecular formula is C11H11FO5. The molecule has 0 saturated heterocycles. The van der Waals surface area contributed by atoms with Crippen LogP contribution in [0.4, 0.5) is 4.39 Å². The Kier molecular flexibility index (Phi) is 4.03. The number of esters is 1. The fraction of sp³-hybridized carbons (Fsp3) is 0.273. The maximum Gasteiger partial charge on any atom is 0.379 e. The Bertz CT molecular complexity index is 432. The van der Waals surface area contributed by atoms with Crippen LogP contribution in [-0.4, -0.2) is 30.6 Å². The number of ether oxygens (including phenoxy) is 2. The van der Waals surface area contributed by atoms with Crippen LogP contribution in [0.2, 0.25) is 0 Å². The van der Waals surface area contributed by atoms with Gasteiger partial charge < -0.3 is 14.6 Å². The van der Waals surface area contributed by atoms with Crippen LogP contribution in [0.5, 0.6) is 11.5 Å². The largest absolute Gasteiger partial charge is 0.504 e. The summed E-state index contributed by atoms with van der Waals surface area (Å²) < 4.78 is 22.4. The van der Waals surface area contributed by atoms with Gasteiger partial charge in [0, 0.05) is 5.56 Å². The molecule has 92 valence electrons. The second-order valence-corrected chi connectivity index (χ2v) is 3.06. The minimum atomic E-state index is -1.10. The molecule has 0 aliphatic rings. The van der Waals surface area contributed by atoms with E-state index in [1.807, 2.05) is 0 Å². The van der Waals surface area contributed by atoms with Gasteiger partial charge in [0.2, 0.25) is 0 Å². The van der Waals surface area contributed by atoms with Crippen molar-refractivity contribution in [2.45, 2.75) is 6.92 Å². The Morgan fingerprint density at radius 1 is 1.41 bits per heavy atom. The smallest absolute Gasteiger partial charge is 0.379 e. The molecule has 0 heterocycles. The van der Waals surface area contributed by atoms with Crippen LogP contribution in [0.1, 0.15) is 17.3 Å². The molecular weight excluding hydrogens is 231 g/mol. The summed E-state index contributed by atoms with van der Waals surface area (Å²) in [6, 6.07) is 1.75. The van der Waals surface area contributed by atoms with Gasteiger partial charge in [-0.1, -0.05) is 0 Å². The average Bonchev–Trinajstić information content (AvgIpc) is 2.27. The third kappa shape index (κ3) is 2.72. The molecule has 0 aromatic heterocycles. The number of carbonyl (C=O) groups is 2. The number of carbonyl (C=O) groups excluding carboxylic acids is 2. The number of Topliss-reactive ketones (excluding diaryl/α,β-unsaturated/α-hetero) is 1. The third-order valence-corrected chi connectivity index (χ3v) is 1.95. The van der Waals surface area contributed by atoms with Crippen molar-refractivity contribution in [1.82, 2.24) is 0 Å². The van der Waals surface area contributed by atoms with Crippen LogP contribution in [0.15, 0.2) is 12.1 Å². The highest BCUT2D eigenvalue weighted by atomic mass is 19.1. The zero-order valence-corrected chi connectivity index (χ0v) is 9.32. The van der Waals surface area contributed by atoms with Gasteiger partial charge >= 0.3 is 5.97 Å². The lowest BCUT2D eigenvalue weighted by Gasteiger charge is -2.06. The van der Waals surface area contributed by atoms with Gasteiger partial charge in [0.1, 0.15) is 0 Å². The van der Waals surface area contributed by atoms with E-state index in [0.717, 1.165) is 12.1 Å². The molecule has 1 aromatic carbocycles. The summed E-state index contributed by atoms with van der Waals surface area (Å²) in [5.41, 5.74) is -0.292. The fourth-order valence-electron chi connectivity index (χ4n) is 1.23. The van der Waals surface area contributed by atoms with Crippen LogP contribution in [-0.2, 0) is 9.53 Å². The molecule has 0 fully saturated rings. The number of methoxy groups -OCH3 is 1. The van der Waals surface area contributed by atoms with Crippen molar-refractivity contribution >= 4 is 11.8 Å². The number of hydrogen-bond donors (Lipinski definition) is 1. The van der Waals surface area contributed by atoms with E-state index in [-0.39, 0.29) is 17.9 Å². The van der Waals surface area contributed by atoms with Crippen molar-refractivity contribution in [2.24, 2.45) is 0 Å². The van der Waals surface area contributed by atoms with Gasteiger partial charge in [-0.25, -0.2) is 9.18 Å². The van der Waals surface area contributed by atoms with E-state index in [1.165, 1.54) is 14.0 Å². The van der Waals surface area contributed by atoms with Crippen molar-refractivity contribution in [3.05, 3.63) is 23.5 Å². The van der Waals surface area contributed by atoms with Crippen molar-refractivity contribution < 1.29 is 28.6 Å². The zero-order valence-electron chi connectivity index (χ0n) is 9.32. The molecule has 0 unspecified atom stereocenters. The number of hydrogen-bond acceptors (Lipinski definition) is 5. The fourth-order valence-corrected chi connectivity index (χ4v) is 1.23. The van der Waals surface area contributed by atoms with E-state index in [9.17, 15) is 19.1 Å². The molecule has 0 atom stereocenters. The zero-order chi connectivity index (χ0) is 13.0. The van der Waals surface area contributed by atoms with E-state index < -0.39 is 23.3 Å². The summed E-state index contributed by atoms with van der Waals surface area (Å²) in [7, 11) is 1.17. The van der Waals surface area contributed by atoms with Crippen LogP contribution in [0, 0.1) is 5.82 Å². The van der Waals surface area contributed by atoms with Crippen LogP contribution in [0.3, 0.4) is 0 Å². The number of phenols is 1. The first-order valence-electron chi connectivity index (χ1n) is 4.79. The van der Waals surface area contributed by atoms with E-state index >= 15 is 0 Å². The first kappa shape index (κ1) is 13.0. The van der Waals surface area contributed by atoms with Gasteiger partial charge in [-0.2, -0.15) is 0 Å². The summed E-state index contributed by atoms with van der Waals surface area (Å²) in [5.74, 6) is -3.99. The quantitative estimate of drug-likeness (QED) is 0.489. The second-order valence-electron chi connectivity index (χ2n) is 3.06. The number of halogens is 1. The lowest BCUT2D eigenvalue weighted by molar-refractivity contribution is -0.137. The van der Waals surface area contributed by atoms with Crippen molar-refractivity contribution in [3.8, 4) is 11.5 Å². The molecule has 0 saturated carbocycles. The molecule has 0 aliphatic heterocycles. The molecule has 5 nitrogen and oxygen atoms in total. The molecule has 1 aromatic rings. The monoisotopic (exact) mass is 242 g/mol. The maximum absolute atomic E-state index is 13.3. The van der Waals surface area contributed by atoms with E-state index in [1.54, 1.807) is 0 Å². The molecule has 1 rings (SSSR count). The Morgan fingerprint density at radius 2 is 2.06 bits per heavy atom. The number of rotatable bonds is 4. The topological polar surface area (TPSA) is 72.8 Å². The van der Waals surface area contributed by atoms with Gasteiger partial charge in [-0.05, 0) is 19.1 Å². The summed E-state index contributed by atoms with van der Waals surface area (Å²) in [5, 5.41) is 9.36. The highest BCUT2D eigenvalue weighted by molar-refractivity contribution is 6.40.